The lowest BCUT2D eigenvalue weighted by molar-refractivity contribution is 0.101. The smallest absolute Gasteiger partial charge is 0.291 e. The summed E-state index contributed by atoms with van der Waals surface area (Å²) < 4.78 is 1.66. The first-order valence-electron chi connectivity index (χ1n) is 7.31. The molecule has 3 heterocycles. The highest BCUT2D eigenvalue weighted by molar-refractivity contribution is 6.01. The number of nitrogen functional groups attached to an aromatic ring is 1. The van der Waals surface area contributed by atoms with Crippen molar-refractivity contribution in [2.45, 2.75) is 6.54 Å². The first-order chi connectivity index (χ1) is 11.6. The van der Waals surface area contributed by atoms with Crippen LogP contribution in [0.2, 0.25) is 0 Å². The summed E-state index contributed by atoms with van der Waals surface area (Å²) in [6.45, 7) is 0.460. The molecule has 0 aromatic carbocycles. The van der Waals surface area contributed by atoms with Crippen LogP contribution in [-0.2, 0) is 13.6 Å². The topological polar surface area (TPSA) is 111 Å². The Morgan fingerprint density at radius 3 is 2.83 bits per heavy atom. The van der Waals surface area contributed by atoms with Crippen LogP contribution in [0.1, 0.15) is 16.3 Å². The van der Waals surface area contributed by atoms with Gasteiger partial charge in [-0.1, -0.05) is 0 Å². The molecule has 0 aliphatic rings. The van der Waals surface area contributed by atoms with Gasteiger partial charge >= 0.3 is 0 Å². The SMILES string of the molecule is Cn1ccnc1C(=O)Nc1ccnc(CNc2cccnc2N)c1. The zero-order valence-electron chi connectivity index (χ0n) is 13.1. The van der Waals surface area contributed by atoms with Gasteiger partial charge in [0.1, 0.15) is 5.82 Å². The quantitative estimate of drug-likeness (QED) is 0.658. The van der Waals surface area contributed by atoms with Crippen molar-refractivity contribution in [2.75, 3.05) is 16.4 Å². The molecule has 122 valence electrons. The summed E-state index contributed by atoms with van der Waals surface area (Å²) in [5.41, 5.74) is 7.93. The maximum absolute atomic E-state index is 12.2. The van der Waals surface area contributed by atoms with Crippen LogP contribution in [-0.4, -0.2) is 25.4 Å². The molecule has 0 saturated heterocycles. The summed E-state index contributed by atoms with van der Waals surface area (Å²) >= 11 is 0. The number of nitrogens with one attached hydrogen (secondary N) is 2. The van der Waals surface area contributed by atoms with Crippen LogP contribution < -0.4 is 16.4 Å². The van der Waals surface area contributed by atoms with Crippen molar-refractivity contribution in [3.8, 4) is 0 Å². The number of amides is 1. The first kappa shape index (κ1) is 15.5. The van der Waals surface area contributed by atoms with E-state index in [4.69, 9.17) is 5.73 Å². The van der Waals surface area contributed by atoms with Crippen LogP contribution in [0.4, 0.5) is 17.2 Å². The van der Waals surface area contributed by atoms with E-state index in [2.05, 4.69) is 25.6 Å². The van der Waals surface area contributed by atoms with E-state index in [0.29, 0.717) is 23.9 Å². The number of carbonyl (C=O) groups is 1. The third-order valence-electron chi connectivity index (χ3n) is 3.40. The minimum absolute atomic E-state index is 0.274. The molecule has 0 radical (unpaired) electrons. The molecule has 3 aromatic heterocycles. The molecule has 24 heavy (non-hydrogen) atoms. The normalized spacial score (nSPS) is 10.4. The predicted octanol–water partition coefficient (Wildman–Crippen LogP) is 1.66. The Labute approximate surface area is 138 Å². The van der Waals surface area contributed by atoms with Crippen molar-refractivity contribution >= 4 is 23.1 Å². The maximum Gasteiger partial charge on any atom is 0.291 e. The standard InChI is InChI=1S/C16H17N7O/c1-23-8-7-20-15(23)16(24)22-11-4-6-18-12(9-11)10-21-13-3-2-5-19-14(13)17/h2-9,21H,10H2,1H3,(H2,17,19)(H,18,22,24). The second kappa shape index (κ2) is 6.78. The lowest BCUT2D eigenvalue weighted by Crippen LogP contribution is -2.17. The van der Waals surface area contributed by atoms with E-state index >= 15 is 0 Å². The molecule has 0 bridgehead atoms. The summed E-state index contributed by atoms with van der Waals surface area (Å²) in [5, 5.41) is 5.98. The van der Waals surface area contributed by atoms with Crippen LogP contribution in [0.3, 0.4) is 0 Å². The summed E-state index contributed by atoms with van der Waals surface area (Å²) in [5.74, 6) is 0.496. The number of imidazole rings is 1. The number of carbonyl (C=O) groups excluding carboxylic acids is 1. The van der Waals surface area contributed by atoms with Gasteiger partial charge < -0.3 is 20.9 Å². The third kappa shape index (κ3) is 3.49. The summed E-state index contributed by atoms with van der Waals surface area (Å²) in [6, 6.07) is 7.16. The van der Waals surface area contributed by atoms with E-state index in [1.54, 1.807) is 54.6 Å². The van der Waals surface area contributed by atoms with Gasteiger partial charge in [0.2, 0.25) is 0 Å². The zero-order valence-corrected chi connectivity index (χ0v) is 13.1. The first-order valence-corrected chi connectivity index (χ1v) is 7.31. The molecular weight excluding hydrogens is 306 g/mol. The number of nitrogens with zero attached hydrogens (tertiary/aromatic N) is 4. The van der Waals surface area contributed by atoms with Crippen LogP contribution in [0, 0.1) is 0 Å². The molecule has 0 saturated carbocycles. The minimum atomic E-state index is -0.274. The Morgan fingerprint density at radius 2 is 2.08 bits per heavy atom. The Bertz CT molecular complexity index is 859. The Hall–Kier alpha value is -3.42. The van der Waals surface area contributed by atoms with Gasteiger partial charge in [-0.25, -0.2) is 9.97 Å². The van der Waals surface area contributed by atoms with E-state index in [9.17, 15) is 4.79 Å². The van der Waals surface area contributed by atoms with Gasteiger partial charge in [0.25, 0.3) is 5.91 Å². The lowest BCUT2D eigenvalue weighted by Gasteiger charge is -2.09. The van der Waals surface area contributed by atoms with E-state index in [1.165, 1.54) is 0 Å². The molecule has 0 atom stereocenters. The average Bonchev–Trinajstić information content (AvgIpc) is 3.01. The minimum Gasteiger partial charge on any atom is -0.382 e. The second-order valence-corrected chi connectivity index (χ2v) is 5.14. The van der Waals surface area contributed by atoms with Gasteiger partial charge in [-0.15, -0.1) is 0 Å². The average molecular weight is 323 g/mol. The number of hydrogen-bond donors (Lipinski definition) is 3. The monoisotopic (exact) mass is 323 g/mol. The molecule has 0 fully saturated rings. The van der Waals surface area contributed by atoms with Gasteiger partial charge in [0, 0.05) is 37.5 Å². The van der Waals surface area contributed by atoms with Crippen LogP contribution >= 0.6 is 0 Å². The molecule has 3 rings (SSSR count). The van der Waals surface area contributed by atoms with E-state index in [0.717, 1.165) is 11.4 Å². The fourth-order valence-electron chi connectivity index (χ4n) is 2.18. The number of nitrogens with two attached hydrogens (primary N) is 1. The Morgan fingerprint density at radius 1 is 1.21 bits per heavy atom. The lowest BCUT2D eigenvalue weighted by atomic mass is 10.3. The molecule has 8 nitrogen and oxygen atoms in total. The van der Waals surface area contributed by atoms with Gasteiger partial charge in [-0.2, -0.15) is 0 Å². The summed E-state index contributed by atoms with van der Waals surface area (Å²) in [6.07, 6.45) is 6.56. The third-order valence-corrected chi connectivity index (χ3v) is 3.40. The molecular formula is C16H17N7O. The van der Waals surface area contributed by atoms with Crippen LogP contribution in [0.15, 0.2) is 49.1 Å². The van der Waals surface area contributed by atoms with Gasteiger partial charge in [0.05, 0.1) is 17.9 Å². The van der Waals surface area contributed by atoms with Gasteiger partial charge in [-0.05, 0) is 24.3 Å². The van der Waals surface area contributed by atoms with E-state index < -0.39 is 0 Å². The largest absolute Gasteiger partial charge is 0.382 e. The molecule has 1 amide bonds. The van der Waals surface area contributed by atoms with Crippen LogP contribution in [0.25, 0.3) is 0 Å². The van der Waals surface area contributed by atoms with Crippen molar-refractivity contribution in [3.63, 3.8) is 0 Å². The number of anilines is 3. The summed E-state index contributed by atoms with van der Waals surface area (Å²) in [4.78, 5) is 24.5. The van der Waals surface area contributed by atoms with Gasteiger partial charge in [0.15, 0.2) is 5.82 Å². The number of aromatic nitrogens is 4. The van der Waals surface area contributed by atoms with Crippen molar-refractivity contribution in [1.82, 2.24) is 19.5 Å². The number of aryl methyl sites for hydroxylation is 1. The molecule has 0 aliphatic carbocycles. The Kier molecular flexibility index (Phi) is 4.37. The molecule has 0 unspecified atom stereocenters. The molecule has 3 aromatic rings. The molecule has 0 spiro atoms. The molecule has 8 heteroatoms. The van der Waals surface area contributed by atoms with Crippen molar-refractivity contribution in [3.05, 3.63) is 60.6 Å². The number of pyridine rings is 2. The molecule has 4 N–H and O–H groups in total. The predicted molar refractivity (Wildman–Crippen MR) is 91.4 cm³/mol. The highest BCUT2D eigenvalue weighted by Crippen LogP contribution is 2.16. The maximum atomic E-state index is 12.2. The fraction of sp³-hybridized carbons (Fsp3) is 0.125. The van der Waals surface area contributed by atoms with Crippen molar-refractivity contribution in [1.29, 1.82) is 0 Å². The number of rotatable bonds is 5. The Balaban J connectivity index is 1.67. The van der Waals surface area contributed by atoms with E-state index in [1.807, 2.05) is 6.07 Å². The molecule has 0 aliphatic heterocycles. The highest BCUT2D eigenvalue weighted by Gasteiger charge is 2.11. The van der Waals surface area contributed by atoms with Crippen molar-refractivity contribution in [2.24, 2.45) is 7.05 Å². The summed E-state index contributed by atoms with van der Waals surface area (Å²) in [7, 11) is 1.77. The van der Waals surface area contributed by atoms with Crippen molar-refractivity contribution < 1.29 is 4.79 Å². The van der Waals surface area contributed by atoms with Gasteiger partial charge in [-0.3, -0.25) is 9.78 Å². The second-order valence-electron chi connectivity index (χ2n) is 5.14. The van der Waals surface area contributed by atoms with E-state index in [-0.39, 0.29) is 5.91 Å². The van der Waals surface area contributed by atoms with Crippen LogP contribution in [0.5, 0.6) is 0 Å². The number of hydrogen-bond acceptors (Lipinski definition) is 6. The fourth-order valence-corrected chi connectivity index (χ4v) is 2.18. The highest BCUT2D eigenvalue weighted by atomic mass is 16.2. The zero-order chi connectivity index (χ0) is 16.9.